The van der Waals surface area contributed by atoms with Gasteiger partial charge in [0.15, 0.2) is 23.4 Å². The molecule has 0 saturated carbocycles. The number of anilines is 1. The molecule has 1 atom stereocenters. The minimum atomic E-state index is -1.13. The summed E-state index contributed by atoms with van der Waals surface area (Å²) in [6, 6.07) is 30.5. The third kappa shape index (κ3) is 6.04. The van der Waals surface area contributed by atoms with Gasteiger partial charge in [-0.05, 0) is 59.7 Å². The molecule has 0 aliphatic rings. The second kappa shape index (κ2) is 12.6. The van der Waals surface area contributed by atoms with Crippen molar-refractivity contribution in [2.24, 2.45) is 0 Å². The normalized spacial score (nSPS) is 11.6. The van der Waals surface area contributed by atoms with Crippen LogP contribution < -0.4 is 14.4 Å². The number of methoxy groups -OCH3 is 2. The van der Waals surface area contributed by atoms with Crippen molar-refractivity contribution in [1.29, 1.82) is 5.26 Å². The fourth-order valence-electron chi connectivity index (χ4n) is 4.88. The van der Waals surface area contributed by atoms with E-state index in [1.54, 1.807) is 61.5 Å². The number of fused-ring (bicyclic) bond motifs is 1. The molecule has 3 aromatic heterocycles. The average Bonchev–Trinajstić information content (AvgIpc) is 3.53. The van der Waals surface area contributed by atoms with Gasteiger partial charge in [0.05, 0.1) is 43.4 Å². The first-order valence-electron chi connectivity index (χ1n) is 13.9. The quantitative estimate of drug-likeness (QED) is 0.227. The molecule has 0 aliphatic heterocycles. The summed E-state index contributed by atoms with van der Waals surface area (Å²) in [7, 11) is 3.28. The number of nitrogens with zero attached hydrogens (tertiary/aromatic N) is 7. The molecule has 218 valence electrons. The van der Waals surface area contributed by atoms with Crippen LogP contribution in [-0.2, 0) is 13.1 Å². The lowest BCUT2D eigenvalue weighted by Gasteiger charge is -2.25. The van der Waals surface area contributed by atoms with E-state index in [9.17, 15) is 10.4 Å². The average molecular weight is 584 g/mol. The van der Waals surface area contributed by atoms with Gasteiger partial charge in [0, 0.05) is 24.8 Å². The first-order chi connectivity index (χ1) is 21.5. The van der Waals surface area contributed by atoms with Crippen LogP contribution in [0, 0.1) is 11.3 Å². The third-order valence-corrected chi connectivity index (χ3v) is 7.18. The first-order valence-corrected chi connectivity index (χ1v) is 13.9. The summed E-state index contributed by atoms with van der Waals surface area (Å²) in [5.74, 6) is 2.29. The van der Waals surface area contributed by atoms with Gasteiger partial charge in [-0.2, -0.15) is 5.26 Å². The Hall–Kier alpha value is -5.79. The smallest absolute Gasteiger partial charge is 0.198 e. The maximum absolute atomic E-state index is 11.2. The molecule has 1 N–H and O–H groups in total. The molecule has 0 radical (unpaired) electrons. The third-order valence-electron chi connectivity index (χ3n) is 7.18. The van der Waals surface area contributed by atoms with Gasteiger partial charge in [-0.15, -0.1) is 5.10 Å². The largest absolute Gasteiger partial charge is 0.497 e. The van der Waals surface area contributed by atoms with Crippen molar-refractivity contribution >= 4 is 11.5 Å². The number of nitriles is 1. The highest BCUT2D eigenvalue weighted by Gasteiger charge is 2.23. The molecular formula is C34H29N7O3. The zero-order chi connectivity index (χ0) is 30.5. The van der Waals surface area contributed by atoms with Crippen LogP contribution in [0.4, 0.5) is 5.82 Å². The Balaban J connectivity index is 1.51. The highest BCUT2D eigenvalue weighted by atomic mass is 16.5. The molecule has 0 spiro atoms. The van der Waals surface area contributed by atoms with E-state index in [4.69, 9.17) is 19.4 Å². The van der Waals surface area contributed by atoms with E-state index < -0.39 is 6.10 Å². The van der Waals surface area contributed by atoms with Crippen LogP contribution in [0.1, 0.15) is 34.3 Å². The summed E-state index contributed by atoms with van der Waals surface area (Å²) < 4.78 is 12.4. The van der Waals surface area contributed by atoms with Gasteiger partial charge in [0.25, 0.3) is 0 Å². The summed E-state index contributed by atoms with van der Waals surface area (Å²) >= 11 is 0. The van der Waals surface area contributed by atoms with E-state index in [0.29, 0.717) is 41.5 Å². The van der Waals surface area contributed by atoms with Crippen molar-refractivity contribution in [1.82, 2.24) is 24.6 Å². The maximum atomic E-state index is 11.2. The van der Waals surface area contributed by atoms with Crippen molar-refractivity contribution in [2.45, 2.75) is 19.2 Å². The van der Waals surface area contributed by atoms with Crippen molar-refractivity contribution in [3.8, 4) is 28.8 Å². The maximum Gasteiger partial charge on any atom is 0.198 e. The van der Waals surface area contributed by atoms with Crippen LogP contribution in [-0.4, -0.2) is 43.9 Å². The van der Waals surface area contributed by atoms with Gasteiger partial charge in [0.2, 0.25) is 0 Å². The molecule has 44 heavy (non-hydrogen) atoms. The Kier molecular flexibility index (Phi) is 8.12. The first kappa shape index (κ1) is 28.3. The summed E-state index contributed by atoms with van der Waals surface area (Å²) in [5, 5.41) is 25.4. The lowest BCUT2D eigenvalue weighted by Crippen LogP contribution is -2.24. The molecule has 10 nitrogen and oxygen atoms in total. The van der Waals surface area contributed by atoms with E-state index in [2.05, 4.69) is 21.1 Å². The molecule has 0 amide bonds. The molecular weight excluding hydrogens is 554 g/mol. The van der Waals surface area contributed by atoms with Crippen LogP contribution >= 0.6 is 0 Å². The van der Waals surface area contributed by atoms with E-state index in [1.807, 2.05) is 60.7 Å². The fraction of sp³-hybridized carbons (Fsp3) is 0.147. The van der Waals surface area contributed by atoms with E-state index in [1.165, 1.54) is 0 Å². The van der Waals surface area contributed by atoms with Crippen LogP contribution in [0.5, 0.6) is 11.5 Å². The molecule has 3 heterocycles. The van der Waals surface area contributed by atoms with Crippen molar-refractivity contribution in [3.63, 3.8) is 0 Å². The number of aliphatic hydroxyl groups excluding tert-OH is 1. The summed E-state index contributed by atoms with van der Waals surface area (Å²) in [6.45, 7) is 0.983. The number of aliphatic hydroxyl groups is 1. The monoisotopic (exact) mass is 583 g/mol. The Morgan fingerprint density at radius 3 is 2.14 bits per heavy atom. The standard InChI is InChI=1S/C34H29N7O3/c1-43-27-13-9-23(10-14-27)20-40(21-24-11-15-28(44-2)16-12-24)33-34-38-32(31(42)29-8-3-4-17-36-29)39-41(34)22-30(37-33)26-7-5-6-25(18-26)19-35/h3-18,22,31,42H,20-21H2,1-2H3. The second-order valence-electron chi connectivity index (χ2n) is 10.1. The molecule has 0 fully saturated rings. The molecule has 0 saturated heterocycles. The SMILES string of the molecule is COc1ccc(CN(Cc2ccc(OC)cc2)c2nc(-c3cccc(C#N)c3)cn3nc(C(O)c4ccccn4)nc23)cc1. The van der Waals surface area contributed by atoms with E-state index in [-0.39, 0.29) is 5.82 Å². The zero-order valence-electron chi connectivity index (χ0n) is 24.2. The number of hydrogen-bond acceptors (Lipinski definition) is 9. The minimum Gasteiger partial charge on any atom is -0.497 e. The van der Waals surface area contributed by atoms with Crippen LogP contribution in [0.15, 0.2) is 103 Å². The lowest BCUT2D eigenvalue weighted by atomic mass is 10.1. The zero-order valence-corrected chi connectivity index (χ0v) is 24.2. The van der Waals surface area contributed by atoms with Crippen molar-refractivity contribution in [2.75, 3.05) is 19.1 Å². The Morgan fingerprint density at radius 2 is 1.55 bits per heavy atom. The molecule has 6 rings (SSSR count). The molecule has 3 aromatic carbocycles. The summed E-state index contributed by atoms with van der Waals surface area (Å²) in [6.07, 6.45) is 2.24. The lowest BCUT2D eigenvalue weighted by molar-refractivity contribution is 0.205. The topological polar surface area (TPSA) is 122 Å². The van der Waals surface area contributed by atoms with E-state index >= 15 is 0 Å². The van der Waals surface area contributed by atoms with Gasteiger partial charge >= 0.3 is 0 Å². The molecule has 0 bridgehead atoms. The van der Waals surface area contributed by atoms with Crippen molar-refractivity contribution in [3.05, 3.63) is 132 Å². The molecule has 0 aliphatic carbocycles. The minimum absolute atomic E-state index is 0.198. The molecule has 10 heteroatoms. The number of pyridine rings is 1. The second-order valence-corrected chi connectivity index (χ2v) is 10.1. The Labute approximate surface area is 254 Å². The van der Waals surface area contributed by atoms with Crippen LogP contribution in [0.3, 0.4) is 0 Å². The van der Waals surface area contributed by atoms with Gasteiger partial charge in [0.1, 0.15) is 11.5 Å². The van der Waals surface area contributed by atoms with Crippen molar-refractivity contribution < 1.29 is 14.6 Å². The highest BCUT2D eigenvalue weighted by molar-refractivity contribution is 5.71. The summed E-state index contributed by atoms with van der Waals surface area (Å²) in [5.41, 5.74) is 4.84. The number of ether oxygens (including phenoxy) is 2. The van der Waals surface area contributed by atoms with Gasteiger partial charge < -0.3 is 19.5 Å². The highest BCUT2D eigenvalue weighted by Crippen LogP contribution is 2.30. The Morgan fingerprint density at radius 1 is 0.864 bits per heavy atom. The van der Waals surface area contributed by atoms with Gasteiger partial charge in [-0.25, -0.2) is 14.5 Å². The van der Waals surface area contributed by atoms with Crippen LogP contribution in [0.25, 0.3) is 16.9 Å². The predicted octanol–water partition coefficient (Wildman–Crippen LogP) is 5.36. The summed E-state index contributed by atoms with van der Waals surface area (Å²) in [4.78, 5) is 16.3. The number of hydrogen-bond donors (Lipinski definition) is 1. The Bertz CT molecular complexity index is 1870. The predicted molar refractivity (Wildman–Crippen MR) is 165 cm³/mol. The fourth-order valence-corrected chi connectivity index (χ4v) is 4.88. The number of benzene rings is 3. The van der Waals surface area contributed by atoms with Crippen LogP contribution in [0.2, 0.25) is 0 Å². The van der Waals surface area contributed by atoms with E-state index in [0.717, 1.165) is 28.2 Å². The number of rotatable bonds is 10. The van der Waals surface area contributed by atoms with Gasteiger partial charge in [-0.1, -0.05) is 42.5 Å². The molecule has 1 unspecified atom stereocenters. The van der Waals surface area contributed by atoms with Gasteiger partial charge in [-0.3, -0.25) is 4.98 Å². The number of aromatic nitrogens is 5. The molecule has 6 aromatic rings.